The van der Waals surface area contributed by atoms with E-state index >= 15 is 0 Å². The van der Waals surface area contributed by atoms with Gasteiger partial charge >= 0.3 is 0 Å². The van der Waals surface area contributed by atoms with Crippen LogP contribution in [-0.2, 0) is 11.3 Å². The van der Waals surface area contributed by atoms with Crippen LogP contribution in [0.25, 0.3) is 0 Å². The van der Waals surface area contributed by atoms with Crippen LogP contribution in [0.2, 0.25) is 0 Å². The molecule has 1 amide bonds. The highest BCUT2D eigenvalue weighted by molar-refractivity contribution is 6.27. The summed E-state index contributed by atoms with van der Waals surface area (Å²) in [5.74, 6) is 0.373. The van der Waals surface area contributed by atoms with Crippen LogP contribution in [0.3, 0.4) is 0 Å². The van der Waals surface area contributed by atoms with Crippen molar-refractivity contribution in [2.75, 3.05) is 13.0 Å². The number of nitrogens with one attached hydrogen (secondary N) is 1. The molecule has 1 rings (SSSR count). The quantitative estimate of drug-likeness (QED) is 0.765. The Balaban J connectivity index is 2.70. The van der Waals surface area contributed by atoms with Crippen LogP contribution in [0, 0.1) is 0 Å². The average Bonchev–Trinajstić information content (AvgIpc) is 2.27. The van der Waals surface area contributed by atoms with Crippen LogP contribution < -0.4 is 10.1 Å². The van der Waals surface area contributed by atoms with E-state index in [1.807, 2.05) is 0 Å². The van der Waals surface area contributed by atoms with Gasteiger partial charge in [-0.2, -0.15) is 0 Å². The molecular formula is C10H12ClNO3. The van der Waals surface area contributed by atoms with Gasteiger partial charge in [0, 0.05) is 12.1 Å². The van der Waals surface area contributed by atoms with E-state index < -0.39 is 0 Å². The Morgan fingerprint density at radius 3 is 2.93 bits per heavy atom. The van der Waals surface area contributed by atoms with Gasteiger partial charge in [-0.25, -0.2) is 0 Å². The first-order valence-electron chi connectivity index (χ1n) is 4.36. The molecule has 0 atom stereocenters. The van der Waals surface area contributed by atoms with Gasteiger partial charge in [0.1, 0.15) is 17.4 Å². The van der Waals surface area contributed by atoms with Gasteiger partial charge in [0.15, 0.2) is 0 Å². The van der Waals surface area contributed by atoms with Gasteiger partial charge in [-0.1, -0.05) is 0 Å². The molecule has 0 bridgehead atoms. The Labute approximate surface area is 92.8 Å². The van der Waals surface area contributed by atoms with Crippen molar-refractivity contribution in [2.24, 2.45) is 0 Å². The molecule has 5 heteroatoms. The number of hydrogen-bond acceptors (Lipinski definition) is 3. The number of phenols is 1. The molecule has 0 aromatic heterocycles. The van der Waals surface area contributed by atoms with Gasteiger partial charge in [0.05, 0.1) is 7.11 Å². The number of alkyl halides is 1. The Morgan fingerprint density at radius 1 is 1.60 bits per heavy atom. The predicted molar refractivity (Wildman–Crippen MR) is 57.2 cm³/mol. The van der Waals surface area contributed by atoms with E-state index in [2.05, 4.69) is 5.32 Å². The molecule has 2 N–H and O–H groups in total. The lowest BCUT2D eigenvalue weighted by atomic mass is 10.2. The molecule has 0 heterocycles. The van der Waals surface area contributed by atoms with Crippen molar-refractivity contribution in [2.45, 2.75) is 6.54 Å². The second kappa shape index (κ2) is 5.46. The summed E-state index contributed by atoms with van der Waals surface area (Å²) >= 11 is 5.32. The summed E-state index contributed by atoms with van der Waals surface area (Å²) in [5.41, 5.74) is 0.591. The van der Waals surface area contributed by atoms with E-state index in [9.17, 15) is 9.90 Å². The lowest BCUT2D eigenvalue weighted by Crippen LogP contribution is -2.23. The van der Waals surface area contributed by atoms with Crippen molar-refractivity contribution >= 4 is 17.5 Å². The molecule has 4 nitrogen and oxygen atoms in total. The number of halogens is 1. The third kappa shape index (κ3) is 3.32. The minimum absolute atomic E-state index is 0.0925. The predicted octanol–water partition coefficient (Wildman–Crippen LogP) is 1.26. The van der Waals surface area contributed by atoms with E-state index in [-0.39, 0.29) is 24.1 Å². The fraction of sp³-hybridized carbons (Fsp3) is 0.300. The number of ether oxygens (including phenoxy) is 1. The SMILES string of the molecule is COc1ccc(O)c(CNC(=O)CCl)c1. The van der Waals surface area contributed by atoms with Crippen molar-refractivity contribution in [3.05, 3.63) is 23.8 Å². The lowest BCUT2D eigenvalue weighted by Gasteiger charge is -2.07. The molecule has 0 aliphatic heterocycles. The van der Waals surface area contributed by atoms with Crippen LogP contribution in [0.4, 0.5) is 0 Å². The highest BCUT2D eigenvalue weighted by Gasteiger charge is 2.04. The number of methoxy groups -OCH3 is 1. The van der Waals surface area contributed by atoms with Gasteiger partial charge in [0.25, 0.3) is 0 Å². The minimum atomic E-state index is -0.279. The maximum Gasteiger partial charge on any atom is 0.235 e. The fourth-order valence-corrected chi connectivity index (χ4v) is 1.17. The Morgan fingerprint density at radius 2 is 2.33 bits per heavy atom. The maximum atomic E-state index is 10.9. The monoisotopic (exact) mass is 229 g/mol. The van der Waals surface area contributed by atoms with Gasteiger partial charge in [-0.05, 0) is 18.2 Å². The van der Waals surface area contributed by atoms with Crippen LogP contribution >= 0.6 is 11.6 Å². The van der Waals surface area contributed by atoms with E-state index in [1.54, 1.807) is 12.1 Å². The molecule has 0 fully saturated rings. The topological polar surface area (TPSA) is 58.6 Å². The summed E-state index contributed by atoms with van der Waals surface area (Å²) < 4.78 is 4.99. The van der Waals surface area contributed by atoms with Crippen molar-refractivity contribution in [3.8, 4) is 11.5 Å². The minimum Gasteiger partial charge on any atom is -0.508 e. The number of carbonyl (C=O) groups excluding carboxylic acids is 1. The van der Waals surface area contributed by atoms with Crippen molar-refractivity contribution in [3.63, 3.8) is 0 Å². The van der Waals surface area contributed by atoms with Crippen LogP contribution in [0.1, 0.15) is 5.56 Å². The summed E-state index contributed by atoms with van der Waals surface area (Å²) in [6.07, 6.45) is 0. The molecule has 82 valence electrons. The van der Waals surface area contributed by atoms with Gasteiger partial charge in [-0.3, -0.25) is 4.79 Å². The second-order valence-corrected chi connectivity index (χ2v) is 3.17. The highest BCUT2D eigenvalue weighted by Crippen LogP contribution is 2.22. The summed E-state index contributed by atoms with van der Waals surface area (Å²) in [4.78, 5) is 10.9. The molecule has 15 heavy (non-hydrogen) atoms. The molecule has 0 spiro atoms. The number of rotatable bonds is 4. The van der Waals surface area contributed by atoms with Crippen LogP contribution in [0.15, 0.2) is 18.2 Å². The first-order valence-corrected chi connectivity index (χ1v) is 4.89. The third-order valence-corrected chi connectivity index (χ3v) is 2.13. The van der Waals surface area contributed by atoms with Gasteiger partial charge < -0.3 is 15.2 Å². The van der Waals surface area contributed by atoms with Gasteiger partial charge in [-0.15, -0.1) is 11.6 Å². The highest BCUT2D eigenvalue weighted by atomic mass is 35.5. The number of benzene rings is 1. The Bertz CT molecular complexity index is 355. The summed E-state index contributed by atoms with van der Waals surface area (Å²) in [6.45, 7) is 0.231. The lowest BCUT2D eigenvalue weighted by molar-refractivity contribution is -0.118. The molecule has 1 aromatic rings. The number of aromatic hydroxyl groups is 1. The van der Waals surface area contributed by atoms with E-state index in [1.165, 1.54) is 13.2 Å². The summed E-state index contributed by atoms with van der Waals surface area (Å²) in [5, 5.41) is 12.0. The zero-order chi connectivity index (χ0) is 11.3. The first kappa shape index (κ1) is 11.7. The van der Waals surface area contributed by atoms with Crippen LogP contribution in [-0.4, -0.2) is 24.0 Å². The average molecular weight is 230 g/mol. The third-order valence-electron chi connectivity index (χ3n) is 1.88. The van der Waals surface area contributed by atoms with E-state index in [0.717, 1.165) is 0 Å². The second-order valence-electron chi connectivity index (χ2n) is 2.91. The fourth-order valence-electron chi connectivity index (χ4n) is 1.07. The van der Waals surface area contributed by atoms with Crippen molar-refractivity contribution in [1.29, 1.82) is 0 Å². The summed E-state index contributed by atoms with van der Waals surface area (Å²) in [7, 11) is 1.54. The number of carbonyl (C=O) groups is 1. The number of hydrogen-bond donors (Lipinski definition) is 2. The standard InChI is InChI=1S/C10H12ClNO3/c1-15-8-2-3-9(13)7(4-8)6-12-10(14)5-11/h2-4,13H,5-6H2,1H3,(H,12,14). The Kier molecular flexibility index (Phi) is 4.24. The molecule has 0 saturated heterocycles. The first-order chi connectivity index (χ1) is 7.17. The molecule has 0 unspecified atom stereocenters. The molecule has 0 aliphatic rings. The van der Waals surface area contributed by atoms with Crippen molar-refractivity contribution in [1.82, 2.24) is 5.32 Å². The molecule has 0 radical (unpaired) electrons. The smallest absolute Gasteiger partial charge is 0.235 e. The number of phenolic OH excluding ortho intramolecular Hbond substituents is 1. The van der Waals surface area contributed by atoms with E-state index in [0.29, 0.717) is 11.3 Å². The zero-order valence-corrected chi connectivity index (χ0v) is 9.04. The molecule has 0 aliphatic carbocycles. The van der Waals surface area contributed by atoms with Crippen LogP contribution in [0.5, 0.6) is 11.5 Å². The van der Waals surface area contributed by atoms with Gasteiger partial charge in [0.2, 0.25) is 5.91 Å². The Hall–Kier alpha value is -1.42. The summed E-state index contributed by atoms with van der Waals surface area (Å²) in [6, 6.07) is 4.81. The van der Waals surface area contributed by atoms with Crippen molar-refractivity contribution < 1.29 is 14.6 Å². The normalized spacial score (nSPS) is 9.73. The molecular weight excluding hydrogens is 218 g/mol. The zero-order valence-electron chi connectivity index (χ0n) is 8.29. The number of amides is 1. The molecule has 1 aromatic carbocycles. The largest absolute Gasteiger partial charge is 0.508 e. The maximum absolute atomic E-state index is 10.9. The molecule has 0 saturated carbocycles. The van der Waals surface area contributed by atoms with E-state index in [4.69, 9.17) is 16.3 Å².